The summed E-state index contributed by atoms with van der Waals surface area (Å²) >= 11 is 6.12. The molecule has 1 aromatic carbocycles. The highest BCUT2D eigenvalue weighted by atomic mass is 35.5. The molecule has 0 atom stereocenters. The molecule has 1 saturated carbocycles. The summed E-state index contributed by atoms with van der Waals surface area (Å²) in [6, 6.07) is 8.60. The third-order valence-corrected chi connectivity index (χ3v) is 4.92. The van der Waals surface area contributed by atoms with Crippen LogP contribution in [-0.2, 0) is 0 Å². The van der Waals surface area contributed by atoms with Gasteiger partial charge in [-0.2, -0.15) is 5.10 Å². The molecule has 0 spiro atoms. The van der Waals surface area contributed by atoms with E-state index in [4.69, 9.17) is 16.3 Å². The summed E-state index contributed by atoms with van der Waals surface area (Å²) in [6.07, 6.45) is 5.76. The molecule has 3 aromatic rings. The zero-order valence-electron chi connectivity index (χ0n) is 14.5. The molecule has 1 fully saturated rings. The molecule has 0 saturated heterocycles. The van der Waals surface area contributed by atoms with E-state index in [0.717, 1.165) is 31.2 Å². The van der Waals surface area contributed by atoms with Crippen LogP contribution in [0.25, 0.3) is 5.52 Å². The Labute approximate surface area is 160 Å². The van der Waals surface area contributed by atoms with Gasteiger partial charge in [0.15, 0.2) is 0 Å². The van der Waals surface area contributed by atoms with Gasteiger partial charge < -0.3 is 15.2 Å². The summed E-state index contributed by atoms with van der Waals surface area (Å²) in [7, 11) is 0. The molecular weight excluding hydrogens is 368 g/mol. The molecule has 0 bridgehead atoms. The van der Waals surface area contributed by atoms with Gasteiger partial charge >= 0.3 is 0 Å². The molecule has 0 unspecified atom stereocenters. The Bertz CT molecular complexity index is 966. The summed E-state index contributed by atoms with van der Waals surface area (Å²) < 4.78 is 7.60. The first-order valence-corrected chi connectivity index (χ1v) is 9.21. The Morgan fingerprint density at radius 1 is 1.22 bits per heavy atom. The molecule has 140 valence electrons. The first kappa shape index (κ1) is 17.8. The highest BCUT2D eigenvalue weighted by Gasteiger charge is 2.22. The minimum atomic E-state index is -0.320. The van der Waals surface area contributed by atoms with Crippen molar-refractivity contribution >= 4 is 28.7 Å². The molecule has 1 aliphatic carbocycles. The van der Waals surface area contributed by atoms with Gasteiger partial charge in [-0.1, -0.05) is 11.6 Å². The molecule has 1 amide bonds. The molecule has 2 heterocycles. The van der Waals surface area contributed by atoms with E-state index < -0.39 is 0 Å². The maximum atomic E-state index is 12.8. The van der Waals surface area contributed by atoms with Gasteiger partial charge in [0.1, 0.15) is 17.8 Å². The lowest BCUT2D eigenvalue weighted by Crippen LogP contribution is -2.27. The Kier molecular flexibility index (Phi) is 4.96. The molecule has 1 aliphatic rings. The standard InChI is InChI=1S/C19H19ClN4O3/c20-12-1-8-18(27-15-5-3-14(25)4-6-15)16(9-12)23-19(26)17-7-2-13-10-21-11-22-24(13)17/h1-2,7-11,14-15,25H,3-6H2,(H,23,26). The number of hydrogen-bond donors (Lipinski definition) is 2. The average Bonchev–Trinajstić information content (AvgIpc) is 3.10. The fourth-order valence-corrected chi connectivity index (χ4v) is 3.44. The summed E-state index contributed by atoms with van der Waals surface area (Å²) in [6.45, 7) is 0. The number of carbonyl (C=O) groups excluding carboxylic acids is 1. The number of ether oxygens (including phenoxy) is 1. The summed E-state index contributed by atoms with van der Waals surface area (Å²) in [5.41, 5.74) is 1.62. The number of nitrogens with zero attached hydrogens (tertiary/aromatic N) is 3. The highest BCUT2D eigenvalue weighted by Crippen LogP contribution is 2.32. The van der Waals surface area contributed by atoms with Crippen LogP contribution in [0.1, 0.15) is 36.2 Å². The van der Waals surface area contributed by atoms with E-state index in [0.29, 0.717) is 22.2 Å². The molecule has 8 heteroatoms. The summed E-state index contributed by atoms with van der Waals surface area (Å²) in [4.78, 5) is 16.7. The molecular formula is C19H19ClN4O3. The van der Waals surface area contributed by atoms with E-state index in [1.165, 1.54) is 10.8 Å². The number of amides is 1. The van der Waals surface area contributed by atoms with Crippen LogP contribution < -0.4 is 10.1 Å². The van der Waals surface area contributed by atoms with Crippen molar-refractivity contribution in [3.8, 4) is 5.75 Å². The molecule has 0 radical (unpaired) electrons. The lowest BCUT2D eigenvalue weighted by atomic mass is 9.95. The molecule has 27 heavy (non-hydrogen) atoms. The molecule has 4 rings (SSSR count). The number of benzene rings is 1. The van der Waals surface area contributed by atoms with E-state index in [1.54, 1.807) is 36.5 Å². The van der Waals surface area contributed by atoms with Gasteiger partial charge in [0.05, 0.1) is 29.6 Å². The van der Waals surface area contributed by atoms with E-state index in [2.05, 4.69) is 15.4 Å². The van der Waals surface area contributed by atoms with Gasteiger partial charge in [-0.15, -0.1) is 0 Å². The number of halogens is 1. The van der Waals surface area contributed by atoms with Gasteiger partial charge in [0.2, 0.25) is 0 Å². The lowest BCUT2D eigenvalue weighted by Gasteiger charge is -2.27. The van der Waals surface area contributed by atoms with Crippen LogP contribution in [0.4, 0.5) is 5.69 Å². The maximum absolute atomic E-state index is 12.8. The smallest absolute Gasteiger partial charge is 0.274 e. The maximum Gasteiger partial charge on any atom is 0.274 e. The van der Waals surface area contributed by atoms with Crippen molar-refractivity contribution in [3.63, 3.8) is 0 Å². The molecule has 0 aliphatic heterocycles. The number of aliphatic hydroxyl groups excluding tert-OH is 1. The number of nitrogens with one attached hydrogen (secondary N) is 1. The fourth-order valence-electron chi connectivity index (χ4n) is 3.27. The number of aromatic nitrogens is 3. The minimum absolute atomic E-state index is 0.00657. The van der Waals surface area contributed by atoms with Crippen molar-refractivity contribution in [1.82, 2.24) is 14.6 Å². The zero-order valence-corrected chi connectivity index (χ0v) is 15.3. The average molecular weight is 387 g/mol. The van der Waals surface area contributed by atoms with E-state index in [-0.39, 0.29) is 18.1 Å². The summed E-state index contributed by atoms with van der Waals surface area (Å²) in [5.74, 6) is 0.240. The second-order valence-corrected chi connectivity index (χ2v) is 7.04. The Morgan fingerprint density at radius 3 is 2.85 bits per heavy atom. The fraction of sp³-hybridized carbons (Fsp3) is 0.316. The van der Waals surface area contributed by atoms with Gasteiger partial charge in [-0.3, -0.25) is 4.79 Å². The van der Waals surface area contributed by atoms with Gasteiger partial charge in [-0.05, 0) is 56.0 Å². The van der Waals surface area contributed by atoms with Crippen LogP contribution in [0.5, 0.6) is 5.75 Å². The van der Waals surface area contributed by atoms with Crippen molar-refractivity contribution in [1.29, 1.82) is 0 Å². The monoisotopic (exact) mass is 386 g/mol. The van der Waals surface area contributed by atoms with E-state index >= 15 is 0 Å². The number of rotatable bonds is 4. The van der Waals surface area contributed by atoms with Gasteiger partial charge in [-0.25, -0.2) is 9.50 Å². The van der Waals surface area contributed by atoms with Gasteiger partial charge in [0.25, 0.3) is 5.91 Å². The second kappa shape index (κ2) is 7.54. The minimum Gasteiger partial charge on any atom is -0.488 e. The third kappa shape index (κ3) is 3.89. The Hall–Kier alpha value is -2.64. The number of aliphatic hydroxyl groups is 1. The molecule has 2 aromatic heterocycles. The normalized spacial score (nSPS) is 19.8. The van der Waals surface area contributed by atoms with Crippen LogP contribution in [-0.4, -0.2) is 37.8 Å². The summed E-state index contributed by atoms with van der Waals surface area (Å²) in [5, 5.41) is 17.1. The van der Waals surface area contributed by atoms with Crippen molar-refractivity contribution < 1.29 is 14.6 Å². The number of hydrogen-bond acceptors (Lipinski definition) is 5. The van der Waals surface area contributed by atoms with Crippen molar-refractivity contribution in [2.75, 3.05) is 5.32 Å². The van der Waals surface area contributed by atoms with Crippen molar-refractivity contribution in [2.24, 2.45) is 0 Å². The van der Waals surface area contributed by atoms with Crippen molar-refractivity contribution in [3.05, 3.63) is 53.6 Å². The number of anilines is 1. The predicted octanol–water partition coefficient (Wildman–Crippen LogP) is 3.32. The van der Waals surface area contributed by atoms with Crippen molar-refractivity contribution in [2.45, 2.75) is 37.9 Å². The predicted molar refractivity (Wildman–Crippen MR) is 101 cm³/mol. The first-order chi connectivity index (χ1) is 13.1. The largest absolute Gasteiger partial charge is 0.488 e. The first-order valence-electron chi connectivity index (χ1n) is 8.83. The molecule has 7 nitrogen and oxygen atoms in total. The van der Waals surface area contributed by atoms with Crippen LogP contribution in [0, 0.1) is 0 Å². The van der Waals surface area contributed by atoms with Gasteiger partial charge in [0, 0.05) is 5.02 Å². The highest BCUT2D eigenvalue weighted by molar-refractivity contribution is 6.31. The van der Waals surface area contributed by atoms with Crippen LogP contribution in [0.2, 0.25) is 5.02 Å². The Balaban J connectivity index is 1.56. The number of fused-ring (bicyclic) bond motifs is 1. The van der Waals surface area contributed by atoms with E-state index in [1.807, 2.05) is 0 Å². The van der Waals surface area contributed by atoms with Crippen LogP contribution in [0.15, 0.2) is 42.9 Å². The zero-order chi connectivity index (χ0) is 18.8. The lowest BCUT2D eigenvalue weighted by molar-refractivity contribution is 0.0669. The third-order valence-electron chi connectivity index (χ3n) is 4.69. The number of carbonyl (C=O) groups is 1. The Morgan fingerprint density at radius 2 is 2.04 bits per heavy atom. The topological polar surface area (TPSA) is 88.8 Å². The molecule has 2 N–H and O–H groups in total. The quantitative estimate of drug-likeness (QED) is 0.718. The second-order valence-electron chi connectivity index (χ2n) is 6.61. The van der Waals surface area contributed by atoms with E-state index in [9.17, 15) is 9.90 Å². The van der Waals surface area contributed by atoms with Crippen LogP contribution >= 0.6 is 11.6 Å². The SMILES string of the molecule is O=C(Nc1cc(Cl)ccc1OC1CCC(O)CC1)c1ccc2cncnn12. The van der Waals surface area contributed by atoms with Crippen LogP contribution in [0.3, 0.4) is 0 Å².